The molecular weight excluding hydrogens is 444 g/mol. The molecule has 0 bridgehead atoms. The van der Waals surface area contributed by atoms with Gasteiger partial charge in [-0.25, -0.2) is 0 Å². The minimum absolute atomic E-state index is 1.13. The van der Waals surface area contributed by atoms with Gasteiger partial charge in [-0.2, -0.15) is 0 Å². The van der Waals surface area contributed by atoms with Gasteiger partial charge in [-0.1, -0.05) is 172 Å². The molecule has 0 unspecified atom stereocenters. The Labute approximate surface area is 235 Å². The first-order valence-electron chi connectivity index (χ1n) is 17.0. The van der Waals surface area contributed by atoms with Crippen molar-refractivity contribution in [1.82, 2.24) is 0 Å². The summed E-state index contributed by atoms with van der Waals surface area (Å²) in [5.74, 6) is 0. The largest absolute Gasteiger partial charge is 0.0882 e. The summed E-state index contributed by atoms with van der Waals surface area (Å²) in [6, 6.07) is 0. The smallest absolute Gasteiger partial charge is 0.0169 e. The van der Waals surface area contributed by atoms with E-state index in [1.807, 2.05) is 0 Å². The number of rotatable bonds is 30. The van der Waals surface area contributed by atoms with Crippen LogP contribution in [0, 0.1) is 0 Å². The molecule has 0 aliphatic carbocycles. The second-order valence-electron chi connectivity index (χ2n) is 11.2. The molecule has 0 heteroatoms. The summed E-state index contributed by atoms with van der Waals surface area (Å²) in [6.07, 6.45) is 56.0. The minimum Gasteiger partial charge on any atom is -0.0882 e. The Bertz CT molecular complexity index is 460. The lowest BCUT2D eigenvalue weighted by Gasteiger charge is -2.03. The van der Waals surface area contributed by atoms with E-state index in [9.17, 15) is 0 Å². The Balaban J connectivity index is 3.16. The molecule has 0 aliphatic heterocycles. The topological polar surface area (TPSA) is 0 Å². The van der Waals surface area contributed by atoms with Gasteiger partial charge in [-0.3, -0.25) is 0 Å². The van der Waals surface area contributed by atoms with Gasteiger partial charge in [0, 0.05) is 0 Å². The molecule has 0 rings (SSSR count). The normalized spacial score (nSPS) is 12.4. The Morgan fingerprint density at radius 1 is 0.243 bits per heavy atom. The number of allylic oxidation sites excluding steroid dienone is 8. The van der Waals surface area contributed by atoms with E-state index < -0.39 is 0 Å². The van der Waals surface area contributed by atoms with Gasteiger partial charge in [0.25, 0.3) is 0 Å². The van der Waals surface area contributed by atoms with Gasteiger partial charge in [0.2, 0.25) is 0 Å². The van der Waals surface area contributed by atoms with E-state index >= 15 is 0 Å². The third-order valence-corrected chi connectivity index (χ3v) is 7.40. The summed E-state index contributed by atoms with van der Waals surface area (Å²) in [5.41, 5.74) is 0. The molecule has 0 radical (unpaired) electrons. The van der Waals surface area contributed by atoms with Crippen molar-refractivity contribution < 1.29 is 0 Å². The lowest BCUT2D eigenvalue weighted by molar-refractivity contribution is 0.531. The van der Waals surface area contributed by atoms with Crippen molar-refractivity contribution in [3.05, 3.63) is 48.6 Å². The Morgan fingerprint density at radius 3 is 0.703 bits per heavy atom. The molecule has 0 atom stereocenters. The first kappa shape index (κ1) is 36.0. The predicted molar refractivity (Wildman–Crippen MR) is 173 cm³/mol. The van der Waals surface area contributed by atoms with Gasteiger partial charge in [0.05, 0.1) is 0 Å². The highest BCUT2D eigenvalue weighted by Gasteiger charge is 1.94. The highest BCUT2D eigenvalue weighted by atomic mass is 14.0. The maximum absolute atomic E-state index is 2.39. The lowest BCUT2D eigenvalue weighted by Crippen LogP contribution is -1.83. The highest BCUT2D eigenvalue weighted by molar-refractivity contribution is 4.93. The van der Waals surface area contributed by atoms with Crippen LogP contribution in [0.25, 0.3) is 0 Å². The molecule has 0 aromatic rings. The molecule has 0 aromatic heterocycles. The molecule has 0 N–H and O–H groups in total. The van der Waals surface area contributed by atoms with Gasteiger partial charge >= 0.3 is 0 Å². The average molecular weight is 513 g/mol. The summed E-state index contributed by atoms with van der Waals surface area (Å²) in [4.78, 5) is 0. The quantitative estimate of drug-likeness (QED) is 0.0663. The summed E-state index contributed by atoms with van der Waals surface area (Å²) >= 11 is 0. The molecule has 0 amide bonds. The van der Waals surface area contributed by atoms with Crippen molar-refractivity contribution in [2.75, 3.05) is 0 Å². The molecule has 0 aromatic carbocycles. The van der Waals surface area contributed by atoms with Crippen molar-refractivity contribution in [1.29, 1.82) is 0 Å². The van der Waals surface area contributed by atoms with E-state index in [0.29, 0.717) is 0 Å². The van der Waals surface area contributed by atoms with Crippen LogP contribution in [0.4, 0.5) is 0 Å². The molecule has 216 valence electrons. The fourth-order valence-corrected chi connectivity index (χ4v) is 4.86. The number of hydrogen-bond acceptors (Lipinski definition) is 0. The van der Waals surface area contributed by atoms with Crippen LogP contribution in [0.3, 0.4) is 0 Å². The maximum Gasteiger partial charge on any atom is -0.0169 e. The van der Waals surface area contributed by atoms with E-state index in [1.165, 1.54) is 161 Å². The van der Waals surface area contributed by atoms with Crippen LogP contribution in [0.2, 0.25) is 0 Å². The van der Waals surface area contributed by atoms with Gasteiger partial charge in [-0.15, -0.1) is 0 Å². The molecule has 0 aliphatic rings. The lowest BCUT2D eigenvalue weighted by atomic mass is 10.0. The van der Waals surface area contributed by atoms with Crippen LogP contribution in [-0.4, -0.2) is 0 Å². The van der Waals surface area contributed by atoms with Gasteiger partial charge in [0.1, 0.15) is 0 Å². The van der Waals surface area contributed by atoms with Gasteiger partial charge in [-0.05, 0) is 64.2 Å². The van der Waals surface area contributed by atoms with Crippen molar-refractivity contribution in [2.45, 2.75) is 187 Å². The molecule has 0 fully saturated rings. The Kier molecular flexibility index (Phi) is 34.0. The summed E-state index contributed by atoms with van der Waals surface area (Å²) in [6.45, 7) is 4.54. The molecule has 0 saturated carbocycles. The highest BCUT2D eigenvalue weighted by Crippen LogP contribution is 2.14. The fraction of sp³-hybridized carbons (Fsp3) is 0.784. The Morgan fingerprint density at radius 2 is 0.459 bits per heavy atom. The van der Waals surface area contributed by atoms with Crippen LogP contribution in [0.15, 0.2) is 48.6 Å². The maximum atomic E-state index is 2.39. The zero-order valence-corrected chi connectivity index (χ0v) is 25.7. The van der Waals surface area contributed by atoms with E-state index in [-0.39, 0.29) is 0 Å². The Hall–Kier alpha value is -1.04. The molecular formula is C37H68. The van der Waals surface area contributed by atoms with E-state index in [1.54, 1.807) is 0 Å². The average Bonchev–Trinajstić information content (AvgIpc) is 2.91. The first-order chi connectivity index (χ1) is 18.4. The van der Waals surface area contributed by atoms with E-state index in [0.717, 1.165) is 12.8 Å². The zero-order chi connectivity index (χ0) is 26.7. The number of unbranched alkanes of at least 4 members (excludes halogenated alkanes) is 22. The van der Waals surface area contributed by atoms with Crippen LogP contribution in [0.1, 0.15) is 187 Å². The fourth-order valence-electron chi connectivity index (χ4n) is 4.86. The van der Waals surface area contributed by atoms with E-state index in [2.05, 4.69) is 62.5 Å². The van der Waals surface area contributed by atoms with Crippen molar-refractivity contribution in [3.8, 4) is 0 Å². The van der Waals surface area contributed by atoms with E-state index in [4.69, 9.17) is 0 Å². The van der Waals surface area contributed by atoms with Crippen LogP contribution in [0.5, 0.6) is 0 Å². The predicted octanol–water partition coefficient (Wildman–Crippen LogP) is 13.8. The third-order valence-electron chi connectivity index (χ3n) is 7.40. The van der Waals surface area contributed by atoms with Crippen LogP contribution in [-0.2, 0) is 0 Å². The molecule has 0 spiro atoms. The van der Waals surface area contributed by atoms with Crippen molar-refractivity contribution in [2.24, 2.45) is 0 Å². The monoisotopic (exact) mass is 513 g/mol. The first-order valence-corrected chi connectivity index (χ1v) is 17.0. The second kappa shape index (κ2) is 35.0. The third kappa shape index (κ3) is 35.0. The van der Waals surface area contributed by atoms with Gasteiger partial charge in [0.15, 0.2) is 0 Å². The number of hydrogen-bond donors (Lipinski definition) is 0. The second-order valence-corrected chi connectivity index (χ2v) is 11.2. The standard InChI is InChI=1S/C37H68/c1-3-5-7-9-11-13-15-17-19-21-23-25-27-29-31-33-35-37-36-34-32-30-28-26-24-22-20-18-16-14-12-10-8-6-4-2/h11-14,17-20H,3-10,15-16,21-37H2,1-2H3/b13-11-,14-12+,19-17-,20-18+. The molecule has 0 saturated heterocycles. The summed E-state index contributed by atoms with van der Waals surface area (Å²) in [7, 11) is 0. The molecule has 0 nitrogen and oxygen atoms in total. The minimum atomic E-state index is 1.13. The van der Waals surface area contributed by atoms with Gasteiger partial charge < -0.3 is 0 Å². The van der Waals surface area contributed by atoms with Crippen LogP contribution >= 0.6 is 0 Å². The summed E-state index contributed by atoms with van der Waals surface area (Å²) in [5, 5.41) is 0. The molecule has 0 heterocycles. The SMILES string of the molecule is CCCCC/C=C\C/C=C\CCCCCCCCCCCCCCCCC/C=C/C/C=C/CCCCC. The summed E-state index contributed by atoms with van der Waals surface area (Å²) < 4.78 is 0. The van der Waals surface area contributed by atoms with Crippen molar-refractivity contribution in [3.63, 3.8) is 0 Å². The van der Waals surface area contributed by atoms with Crippen molar-refractivity contribution >= 4 is 0 Å². The molecule has 37 heavy (non-hydrogen) atoms. The zero-order valence-electron chi connectivity index (χ0n) is 25.7. The van der Waals surface area contributed by atoms with Crippen LogP contribution < -0.4 is 0 Å².